The fourth-order valence-corrected chi connectivity index (χ4v) is 2.95. The van der Waals surface area contributed by atoms with Crippen LogP contribution in [0.25, 0.3) is 0 Å². The van der Waals surface area contributed by atoms with Crippen LogP contribution in [0.2, 0.25) is 5.02 Å². The lowest BCUT2D eigenvalue weighted by molar-refractivity contribution is -0.385. The van der Waals surface area contributed by atoms with Gasteiger partial charge in [0.15, 0.2) is 0 Å². The Bertz CT molecular complexity index is 688. The summed E-state index contributed by atoms with van der Waals surface area (Å²) >= 11 is 5.81. The number of nitrogens with zero attached hydrogens (tertiary/aromatic N) is 1. The second-order valence-corrected chi connectivity index (χ2v) is 5.70. The molecule has 1 atom stereocenters. The molecule has 2 aromatic rings. The van der Waals surface area contributed by atoms with Crippen molar-refractivity contribution in [1.82, 2.24) is 5.32 Å². The average Bonchev–Trinajstić information content (AvgIpc) is 2.45. The zero-order valence-electron chi connectivity index (χ0n) is 11.4. The number of nitro groups is 1. The SMILES string of the molecule is O=[N+]([O-])c1cc(Cl)ccc1CNCC1Cc2ccccc21. The predicted octanol–water partition coefficient (Wildman–Crippen LogP) is 3.68. The standard InChI is InChI=1S/C16H15ClN2O2/c17-14-6-5-12(16(8-14)19(20)21)9-18-10-13-7-11-3-1-2-4-15(11)13/h1-6,8,13,18H,7,9-10H2. The summed E-state index contributed by atoms with van der Waals surface area (Å²) in [5, 5.41) is 14.7. The van der Waals surface area contributed by atoms with Gasteiger partial charge in [0.05, 0.1) is 4.92 Å². The molecule has 0 radical (unpaired) electrons. The molecule has 0 fully saturated rings. The third kappa shape index (κ3) is 2.91. The van der Waals surface area contributed by atoms with Gasteiger partial charge in [0, 0.05) is 35.7 Å². The quantitative estimate of drug-likeness (QED) is 0.677. The largest absolute Gasteiger partial charge is 0.312 e. The van der Waals surface area contributed by atoms with Crippen LogP contribution >= 0.6 is 11.6 Å². The molecule has 21 heavy (non-hydrogen) atoms. The normalized spacial score (nSPS) is 16.1. The number of nitrogens with one attached hydrogen (secondary N) is 1. The first-order valence-electron chi connectivity index (χ1n) is 6.86. The van der Waals surface area contributed by atoms with Crippen molar-refractivity contribution in [2.75, 3.05) is 6.54 Å². The summed E-state index contributed by atoms with van der Waals surface area (Å²) in [5.74, 6) is 0.507. The van der Waals surface area contributed by atoms with Crippen LogP contribution in [0, 0.1) is 10.1 Å². The van der Waals surface area contributed by atoms with E-state index in [1.165, 1.54) is 17.2 Å². The number of hydrogen-bond acceptors (Lipinski definition) is 3. The van der Waals surface area contributed by atoms with E-state index in [0.29, 0.717) is 23.0 Å². The molecule has 4 nitrogen and oxygen atoms in total. The molecule has 1 unspecified atom stereocenters. The third-order valence-electron chi connectivity index (χ3n) is 3.91. The van der Waals surface area contributed by atoms with Crippen LogP contribution in [0.15, 0.2) is 42.5 Å². The molecule has 1 aliphatic carbocycles. The Morgan fingerprint density at radius 3 is 2.86 bits per heavy atom. The summed E-state index contributed by atoms with van der Waals surface area (Å²) in [7, 11) is 0. The van der Waals surface area contributed by atoms with Gasteiger partial charge >= 0.3 is 0 Å². The molecule has 0 heterocycles. The highest BCUT2D eigenvalue weighted by molar-refractivity contribution is 6.30. The molecule has 2 aromatic carbocycles. The van der Waals surface area contributed by atoms with E-state index in [1.54, 1.807) is 12.1 Å². The fraction of sp³-hybridized carbons (Fsp3) is 0.250. The number of nitro benzene ring substituents is 1. The number of rotatable bonds is 5. The van der Waals surface area contributed by atoms with Crippen molar-refractivity contribution in [3.8, 4) is 0 Å². The van der Waals surface area contributed by atoms with Crippen LogP contribution < -0.4 is 5.32 Å². The van der Waals surface area contributed by atoms with E-state index in [1.807, 2.05) is 0 Å². The highest BCUT2D eigenvalue weighted by atomic mass is 35.5. The van der Waals surface area contributed by atoms with Gasteiger partial charge in [-0.3, -0.25) is 10.1 Å². The van der Waals surface area contributed by atoms with Gasteiger partial charge in [-0.1, -0.05) is 35.9 Å². The lowest BCUT2D eigenvalue weighted by atomic mass is 9.77. The zero-order valence-corrected chi connectivity index (χ0v) is 12.1. The maximum Gasteiger partial charge on any atom is 0.275 e. The summed E-state index contributed by atoms with van der Waals surface area (Å²) < 4.78 is 0. The van der Waals surface area contributed by atoms with E-state index in [4.69, 9.17) is 11.6 Å². The molecule has 1 aliphatic rings. The van der Waals surface area contributed by atoms with Crippen molar-refractivity contribution < 1.29 is 4.92 Å². The lowest BCUT2D eigenvalue weighted by Crippen LogP contribution is -2.28. The minimum absolute atomic E-state index is 0.0732. The van der Waals surface area contributed by atoms with E-state index in [0.717, 1.165) is 13.0 Å². The highest BCUT2D eigenvalue weighted by Crippen LogP contribution is 2.34. The van der Waals surface area contributed by atoms with Gasteiger partial charge in [0.25, 0.3) is 5.69 Å². The summed E-state index contributed by atoms with van der Waals surface area (Å²) in [6.45, 7) is 1.31. The highest BCUT2D eigenvalue weighted by Gasteiger charge is 2.25. The first-order valence-corrected chi connectivity index (χ1v) is 7.24. The Morgan fingerprint density at radius 2 is 2.10 bits per heavy atom. The van der Waals surface area contributed by atoms with Crippen molar-refractivity contribution in [2.45, 2.75) is 18.9 Å². The fourth-order valence-electron chi connectivity index (χ4n) is 2.78. The van der Waals surface area contributed by atoms with E-state index in [9.17, 15) is 10.1 Å². The van der Waals surface area contributed by atoms with Crippen LogP contribution in [0.4, 0.5) is 5.69 Å². The summed E-state index contributed by atoms with van der Waals surface area (Å²) in [6, 6.07) is 13.2. The van der Waals surface area contributed by atoms with Gasteiger partial charge in [-0.2, -0.15) is 0 Å². The number of fused-ring (bicyclic) bond motifs is 1. The molecule has 0 aromatic heterocycles. The van der Waals surface area contributed by atoms with Crippen molar-refractivity contribution in [3.05, 3.63) is 74.3 Å². The molecular formula is C16H15ClN2O2. The second-order valence-electron chi connectivity index (χ2n) is 5.26. The molecule has 0 aliphatic heterocycles. The first-order chi connectivity index (χ1) is 10.1. The van der Waals surface area contributed by atoms with Crippen LogP contribution in [0.1, 0.15) is 22.6 Å². The monoisotopic (exact) mass is 302 g/mol. The minimum atomic E-state index is -0.387. The molecule has 0 bridgehead atoms. The molecule has 1 N–H and O–H groups in total. The number of benzene rings is 2. The van der Waals surface area contributed by atoms with Crippen molar-refractivity contribution >= 4 is 17.3 Å². The van der Waals surface area contributed by atoms with E-state index in [2.05, 4.69) is 29.6 Å². The van der Waals surface area contributed by atoms with Crippen LogP contribution in [-0.2, 0) is 13.0 Å². The van der Waals surface area contributed by atoms with Crippen molar-refractivity contribution in [2.24, 2.45) is 0 Å². The van der Waals surface area contributed by atoms with E-state index < -0.39 is 0 Å². The zero-order chi connectivity index (χ0) is 14.8. The van der Waals surface area contributed by atoms with Crippen molar-refractivity contribution in [1.29, 1.82) is 0 Å². The Hall–Kier alpha value is -1.91. The molecular weight excluding hydrogens is 288 g/mol. The Morgan fingerprint density at radius 1 is 1.29 bits per heavy atom. The number of halogens is 1. The topological polar surface area (TPSA) is 55.2 Å². The van der Waals surface area contributed by atoms with Gasteiger partial charge in [0.1, 0.15) is 0 Å². The molecule has 0 saturated heterocycles. The van der Waals surface area contributed by atoms with E-state index >= 15 is 0 Å². The molecule has 108 valence electrons. The van der Waals surface area contributed by atoms with Gasteiger partial charge < -0.3 is 5.32 Å². The molecule has 0 saturated carbocycles. The number of hydrogen-bond donors (Lipinski definition) is 1. The minimum Gasteiger partial charge on any atom is -0.312 e. The third-order valence-corrected chi connectivity index (χ3v) is 4.15. The van der Waals surface area contributed by atoms with Crippen molar-refractivity contribution in [3.63, 3.8) is 0 Å². The van der Waals surface area contributed by atoms with Crippen LogP contribution in [0.3, 0.4) is 0 Å². The maximum absolute atomic E-state index is 11.0. The Balaban J connectivity index is 1.61. The van der Waals surface area contributed by atoms with Crippen LogP contribution in [-0.4, -0.2) is 11.5 Å². The maximum atomic E-state index is 11.0. The Kier molecular flexibility index (Phi) is 3.90. The van der Waals surface area contributed by atoms with Gasteiger partial charge in [-0.05, 0) is 29.7 Å². The summed E-state index contributed by atoms with van der Waals surface area (Å²) in [4.78, 5) is 10.6. The average molecular weight is 303 g/mol. The van der Waals surface area contributed by atoms with Crippen LogP contribution in [0.5, 0.6) is 0 Å². The smallest absolute Gasteiger partial charge is 0.275 e. The second kappa shape index (κ2) is 5.84. The Labute approximate surface area is 127 Å². The van der Waals surface area contributed by atoms with Gasteiger partial charge in [0.2, 0.25) is 0 Å². The molecule has 3 rings (SSSR count). The molecule has 0 amide bonds. The summed E-state index contributed by atoms with van der Waals surface area (Å²) in [6.07, 6.45) is 1.08. The lowest BCUT2D eigenvalue weighted by Gasteiger charge is -2.30. The van der Waals surface area contributed by atoms with E-state index in [-0.39, 0.29) is 10.6 Å². The predicted molar refractivity (Wildman–Crippen MR) is 82.7 cm³/mol. The first kappa shape index (κ1) is 14.0. The molecule has 0 spiro atoms. The van der Waals surface area contributed by atoms with Gasteiger partial charge in [-0.25, -0.2) is 0 Å². The van der Waals surface area contributed by atoms with Gasteiger partial charge in [-0.15, -0.1) is 0 Å². The summed E-state index contributed by atoms with van der Waals surface area (Å²) in [5.41, 5.74) is 3.53. The molecule has 5 heteroatoms.